The minimum atomic E-state index is 0.234. The van der Waals surface area contributed by atoms with Gasteiger partial charge in [0.1, 0.15) is 11.9 Å². The third kappa shape index (κ3) is 3.10. The quantitative estimate of drug-likeness (QED) is 0.828. The molecule has 1 aliphatic rings. The highest BCUT2D eigenvalue weighted by atomic mass is 79.9. The molecule has 0 atom stereocenters. The van der Waals surface area contributed by atoms with Crippen LogP contribution < -0.4 is 4.74 Å². The summed E-state index contributed by atoms with van der Waals surface area (Å²) < 4.78 is 12.0. The third-order valence-electron chi connectivity index (χ3n) is 2.36. The molecule has 0 radical (unpaired) electrons. The summed E-state index contributed by atoms with van der Waals surface area (Å²) in [5, 5.41) is 0.649. The average Bonchev–Trinajstić information content (AvgIpc) is 2.24. The largest absolute Gasteiger partial charge is 0.489 e. The van der Waals surface area contributed by atoms with Crippen LogP contribution in [0.1, 0.15) is 12.8 Å². The molecule has 4 heteroatoms. The highest BCUT2D eigenvalue weighted by Gasteiger charge is 2.16. The summed E-state index contributed by atoms with van der Waals surface area (Å²) >= 11 is 9.42. The summed E-state index contributed by atoms with van der Waals surface area (Å²) in [6.45, 7) is 1.55. The van der Waals surface area contributed by atoms with Gasteiger partial charge in [0.2, 0.25) is 0 Å². The number of halogens is 2. The zero-order valence-corrected chi connectivity index (χ0v) is 10.6. The molecule has 2 nitrogen and oxygen atoms in total. The fourth-order valence-corrected chi connectivity index (χ4v) is 2.26. The number of ether oxygens (including phenoxy) is 2. The van der Waals surface area contributed by atoms with Crippen LogP contribution in [0.25, 0.3) is 0 Å². The topological polar surface area (TPSA) is 18.5 Å². The molecule has 0 aliphatic carbocycles. The summed E-state index contributed by atoms with van der Waals surface area (Å²) in [5.74, 6) is 0.756. The molecule has 1 fully saturated rings. The molecule has 82 valence electrons. The normalized spacial score (nSPS) is 17.7. The molecule has 0 amide bonds. The van der Waals surface area contributed by atoms with Crippen LogP contribution in [-0.2, 0) is 4.74 Å². The van der Waals surface area contributed by atoms with Crippen molar-refractivity contribution in [2.75, 3.05) is 13.2 Å². The molecule has 1 heterocycles. The van der Waals surface area contributed by atoms with E-state index in [1.165, 1.54) is 0 Å². The van der Waals surface area contributed by atoms with Crippen molar-refractivity contribution in [2.24, 2.45) is 0 Å². The molecular weight excluding hydrogens is 279 g/mol. The smallest absolute Gasteiger partial charge is 0.138 e. The van der Waals surface area contributed by atoms with E-state index in [1.54, 1.807) is 0 Å². The van der Waals surface area contributed by atoms with Crippen molar-refractivity contribution >= 4 is 27.5 Å². The van der Waals surface area contributed by atoms with Gasteiger partial charge in [-0.05, 0) is 18.2 Å². The van der Waals surface area contributed by atoms with Crippen LogP contribution in [0.4, 0.5) is 0 Å². The standard InChI is InChI=1S/C11H12BrClO2/c12-8-1-2-11(10(13)7-8)15-9-3-5-14-6-4-9/h1-2,7,9H,3-6H2. The fraction of sp³-hybridized carbons (Fsp3) is 0.455. The van der Waals surface area contributed by atoms with Crippen LogP contribution in [0.2, 0.25) is 5.02 Å². The van der Waals surface area contributed by atoms with Crippen molar-refractivity contribution < 1.29 is 9.47 Å². The molecule has 0 saturated carbocycles. The zero-order valence-electron chi connectivity index (χ0n) is 8.21. The maximum absolute atomic E-state index is 6.06. The second kappa shape index (κ2) is 5.19. The Morgan fingerprint density at radius 3 is 2.73 bits per heavy atom. The van der Waals surface area contributed by atoms with Crippen molar-refractivity contribution in [3.05, 3.63) is 27.7 Å². The summed E-state index contributed by atoms with van der Waals surface area (Å²) in [5.41, 5.74) is 0. The van der Waals surface area contributed by atoms with Gasteiger partial charge in [-0.25, -0.2) is 0 Å². The van der Waals surface area contributed by atoms with E-state index < -0.39 is 0 Å². The number of rotatable bonds is 2. The minimum absolute atomic E-state index is 0.234. The van der Waals surface area contributed by atoms with Crippen molar-refractivity contribution in [3.63, 3.8) is 0 Å². The lowest BCUT2D eigenvalue weighted by Gasteiger charge is -2.23. The second-order valence-corrected chi connectivity index (χ2v) is 4.83. The van der Waals surface area contributed by atoms with Crippen LogP contribution in [-0.4, -0.2) is 19.3 Å². The van der Waals surface area contributed by atoms with Crippen LogP contribution >= 0.6 is 27.5 Å². The predicted molar refractivity (Wildman–Crippen MR) is 63.6 cm³/mol. The summed E-state index contributed by atoms with van der Waals surface area (Å²) in [7, 11) is 0. The Morgan fingerprint density at radius 2 is 2.07 bits per heavy atom. The first-order valence-corrected chi connectivity index (χ1v) is 6.12. The molecule has 0 aromatic heterocycles. The van der Waals surface area contributed by atoms with E-state index in [1.807, 2.05) is 18.2 Å². The lowest BCUT2D eigenvalue weighted by Crippen LogP contribution is -2.25. The SMILES string of the molecule is Clc1cc(Br)ccc1OC1CCOCC1. The van der Waals surface area contributed by atoms with Crippen LogP contribution in [0.5, 0.6) is 5.75 Å². The minimum Gasteiger partial charge on any atom is -0.489 e. The van der Waals surface area contributed by atoms with Crippen molar-refractivity contribution in [3.8, 4) is 5.75 Å². The van der Waals surface area contributed by atoms with Gasteiger partial charge in [0.25, 0.3) is 0 Å². The lowest BCUT2D eigenvalue weighted by atomic mass is 10.1. The molecule has 1 saturated heterocycles. The van der Waals surface area contributed by atoms with Gasteiger partial charge in [-0.15, -0.1) is 0 Å². The van der Waals surface area contributed by atoms with Gasteiger partial charge in [0.15, 0.2) is 0 Å². The van der Waals surface area contributed by atoms with Crippen LogP contribution in [0, 0.1) is 0 Å². The van der Waals surface area contributed by atoms with E-state index in [4.69, 9.17) is 21.1 Å². The molecular formula is C11H12BrClO2. The van der Waals surface area contributed by atoms with Crippen molar-refractivity contribution in [1.29, 1.82) is 0 Å². The predicted octanol–water partition coefficient (Wildman–Crippen LogP) is 3.66. The summed E-state index contributed by atoms with van der Waals surface area (Å²) in [6.07, 6.45) is 2.11. The molecule has 1 aromatic rings. The maximum Gasteiger partial charge on any atom is 0.138 e. The highest BCUT2D eigenvalue weighted by molar-refractivity contribution is 9.10. The monoisotopic (exact) mass is 290 g/mol. The summed E-state index contributed by atoms with van der Waals surface area (Å²) in [4.78, 5) is 0. The maximum atomic E-state index is 6.06. The van der Waals surface area contributed by atoms with E-state index in [2.05, 4.69) is 15.9 Å². The number of hydrogen-bond acceptors (Lipinski definition) is 2. The van der Waals surface area contributed by atoms with Gasteiger partial charge in [-0.1, -0.05) is 27.5 Å². The van der Waals surface area contributed by atoms with Gasteiger partial charge in [0, 0.05) is 17.3 Å². The van der Waals surface area contributed by atoms with E-state index in [9.17, 15) is 0 Å². The molecule has 0 spiro atoms. The Kier molecular flexibility index (Phi) is 3.89. The average molecular weight is 292 g/mol. The first-order chi connectivity index (χ1) is 7.25. The lowest BCUT2D eigenvalue weighted by molar-refractivity contribution is 0.0256. The van der Waals surface area contributed by atoms with Gasteiger partial charge in [-0.2, -0.15) is 0 Å². The molecule has 0 N–H and O–H groups in total. The zero-order chi connectivity index (χ0) is 10.7. The molecule has 15 heavy (non-hydrogen) atoms. The van der Waals surface area contributed by atoms with Crippen LogP contribution in [0.3, 0.4) is 0 Å². The van der Waals surface area contributed by atoms with Crippen molar-refractivity contribution in [2.45, 2.75) is 18.9 Å². The van der Waals surface area contributed by atoms with Crippen LogP contribution in [0.15, 0.2) is 22.7 Å². The highest BCUT2D eigenvalue weighted by Crippen LogP contribution is 2.29. The van der Waals surface area contributed by atoms with Gasteiger partial charge >= 0.3 is 0 Å². The Bertz CT molecular complexity index is 337. The van der Waals surface area contributed by atoms with Gasteiger partial charge in [-0.3, -0.25) is 0 Å². The van der Waals surface area contributed by atoms with Gasteiger partial charge in [0.05, 0.1) is 18.2 Å². The summed E-state index contributed by atoms with van der Waals surface area (Å²) in [6, 6.07) is 5.67. The Labute approximate surface area is 103 Å². The number of benzene rings is 1. The molecule has 1 aliphatic heterocycles. The van der Waals surface area contributed by atoms with E-state index >= 15 is 0 Å². The molecule has 0 bridgehead atoms. The number of hydrogen-bond donors (Lipinski definition) is 0. The Balaban J connectivity index is 2.03. The third-order valence-corrected chi connectivity index (χ3v) is 3.14. The molecule has 2 rings (SSSR count). The first-order valence-electron chi connectivity index (χ1n) is 4.95. The molecule has 0 unspecified atom stereocenters. The molecule has 1 aromatic carbocycles. The van der Waals surface area contributed by atoms with Gasteiger partial charge < -0.3 is 9.47 Å². The van der Waals surface area contributed by atoms with E-state index in [0.717, 1.165) is 36.3 Å². The Hall–Kier alpha value is -0.250. The Morgan fingerprint density at radius 1 is 1.33 bits per heavy atom. The fourth-order valence-electron chi connectivity index (χ4n) is 1.54. The first kappa shape index (κ1) is 11.2. The van der Waals surface area contributed by atoms with E-state index in [0.29, 0.717) is 5.02 Å². The van der Waals surface area contributed by atoms with E-state index in [-0.39, 0.29) is 6.10 Å². The second-order valence-electron chi connectivity index (χ2n) is 3.50. The van der Waals surface area contributed by atoms with Crippen molar-refractivity contribution in [1.82, 2.24) is 0 Å².